The molecule has 0 radical (unpaired) electrons. The van der Waals surface area contributed by atoms with Crippen LogP contribution in [0.5, 0.6) is 11.5 Å². The van der Waals surface area contributed by atoms with Crippen LogP contribution in [0.25, 0.3) is 12.2 Å². The summed E-state index contributed by atoms with van der Waals surface area (Å²) in [5.74, 6) is 1.07. The van der Waals surface area contributed by atoms with E-state index in [0.29, 0.717) is 22.9 Å². The molecule has 0 bridgehead atoms. The van der Waals surface area contributed by atoms with Crippen molar-refractivity contribution in [2.75, 3.05) is 12.4 Å². The molecule has 0 aliphatic heterocycles. The maximum absolute atomic E-state index is 12.2. The summed E-state index contributed by atoms with van der Waals surface area (Å²) in [5.41, 5.74) is 2.20. The van der Waals surface area contributed by atoms with E-state index in [1.165, 1.54) is 11.3 Å². The van der Waals surface area contributed by atoms with E-state index in [-0.39, 0.29) is 12.3 Å². The van der Waals surface area contributed by atoms with Crippen molar-refractivity contribution in [1.82, 2.24) is 4.98 Å². The number of hydrogen-bond acceptors (Lipinski definition) is 6. The van der Waals surface area contributed by atoms with Crippen LogP contribution in [-0.2, 0) is 16.0 Å². The average molecular weight is 394 g/mol. The van der Waals surface area contributed by atoms with Crippen molar-refractivity contribution in [3.8, 4) is 11.5 Å². The summed E-state index contributed by atoms with van der Waals surface area (Å²) < 4.78 is 10.0. The summed E-state index contributed by atoms with van der Waals surface area (Å²) in [7, 11) is 1.59. The Hall–Kier alpha value is -3.45. The zero-order valence-electron chi connectivity index (χ0n) is 15.1. The Labute approximate surface area is 166 Å². The van der Waals surface area contributed by atoms with E-state index < -0.39 is 0 Å². The molecule has 142 valence electrons. The highest BCUT2D eigenvalue weighted by molar-refractivity contribution is 7.09. The van der Waals surface area contributed by atoms with Crippen LogP contribution in [0.1, 0.15) is 16.3 Å². The van der Waals surface area contributed by atoms with E-state index in [4.69, 9.17) is 9.47 Å². The van der Waals surface area contributed by atoms with Crippen molar-refractivity contribution in [3.63, 3.8) is 0 Å². The third kappa shape index (κ3) is 5.28. The largest absolute Gasteiger partial charge is 0.497 e. The number of thiazole rings is 1. The molecule has 1 amide bonds. The third-order valence-corrected chi connectivity index (χ3v) is 4.65. The molecule has 28 heavy (non-hydrogen) atoms. The summed E-state index contributed by atoms with van der Waals surface area (Å²) in [6.07, 6.45) is 3.82. The molecule has 1 heterocycles. The molecule has 6 nitrogen and oxygen atoms in total. The predicted molar refractivity (Wildman–Crippen MR) is 110 cm³/mol. The lowest BCUT2D eigenvalue weighted by molar-refractivity contribution is -0.120. The van der Waals surface area contributed by atoms with Crippen molar-refractivity contribution in [3.05, 3.63) is 70.2 Å². The molecule has 0 aliphatic rings. The molecule has 1 N–H and O–H groups in total. The van der Waals surface area contributed by atoms with E-state index in [1.54, 1.807) is 43.5 Å². The second kappa shape index (κ2) is 9.48. The van der Waals surface area contributed by atoms with E-state index in [1.807, 2.05) is 29.7 Å². The number of ether oxygens (including phenoxy) is 2. The molecule has 0 atom stereocenters. The number of carbonyl (C=O) groups excluding carboxylic acids is 2. The number of para-hydroxylation sites is 1. The van der Waals surface area contributed by atoms with Crippen LogP contribution < -0.4 is 14.8 Å². The molecule has 3 rings (SSSR count). The highest BCUT2D eigenvalue weighted by Gasteiger charge is 2.08. The number of nitrogens with one attached hydrogen (secondary N) is 1. The van der Waals surface area contributed by atoms with Crippen LogP contribution in [0.2, 0.25) is 0 Å². The molecule has 3 aromatic rings. The second-order valence-corrected chi connectivity index (χ2v) is 6.65. The van der Waals surface area contributed by atoms with Crippen molar-refractivity contribution in [2.45, 2.75) is 6.42 Å². The fourth-order valence-electron chi connectivity index (χ4n) is 2.45. The van der Waals surface area contributed by atoms with Gasteiger partial charge in [-0.3, -0.25) is 9.59 Å². The van der Waals surface area contributed by atoms with Crippen LogP contribution >= 0.6 is 11.3 Å². The van der Waals surface area contributed by atoms with Crippen LogP contribution in [0.4, 0.5) is 5.69 Å². The highest BCUT2D eigenvalue weighted by Crippen LogP contribution is 2.21. The van der Waals surface area contributed by atoms with E-state index in [0.717, 1.165) is 17.0 Å². The lowest BCUT2D eigenvalue weighted by Gasteiger charge is -2.05. The van der Waals surface area contributed by atoms with Gasteiger partial charge in [0.25, 0.3) is 6.47 Å². The number of carbonyl (C=O) groups is 2. The van der Waals surface area contributed by atoms with E-state index >= 15 is 0 Å². The average Bonchev–Trinajstić information content (AvgIpc) is 3.15. The molecule has 0 fully saturated rings. The van der Waals surface area contributed by atoms with Crippen LogP contribution in [0.3, 0.4) is 0 Å². The molecular formula is C21H18N2O4S. The molecule has 1 aromatic heterocycles. The number of methoxy groups -OCH3 is 1. The number of aromatic nitrogens is 1. The van der Waals surface area contributed by atoms with Crippen molar-refractivity contribution in [2.24, 2.45) is 0 Å². The quantitative estimate of drug-likeness (QED) is 0.584. The SMILES string of the molecule is COc1ccc(NC(=O)Cc2nc(/C=C/c3ccccc3OC=O)cs2)cc1. The lowest BCUT2D eigenvalue weighted by Crippen LogP contribution is -2.14. The van der Waals surface area contributed by atoms with Gasteiger partial charge in [0.05, 0.1) is 19.2 Å². The molecular weight excluding hydrogens is 376 g/mol. The molecule has 7 heteroatoms. The van der Waals surface area contributed by atoms with Crippen molar-refractivity contribution >= 4 is 41.6 Å². The van der Waals surface area contributed by atoms with E-state index in [2.05, 4.69) is 10.3 Å². The maximum Gasteiger partial charge on any atom is 0.298 e. The van der Waals surface area contributed by atoms with Crippen LogP contribution in [0.15, 0.2) is 53.9 Å². The maximum atomic E-state index is 12.2. The van der Waals surface area contributed by atoms with E-state index in [9.17, 15) is 9.59 Å². The Kier molecular flexibility index (Phi) is 6.54. The highest BCUT2D eigenvalue weighted by atomic mass is 32.1. The summed E-state index contributed by atoms with van der Waals surface area (Å²) >= 11 is 1.41. The topological polar surface area (TPSA) is 77.5 Å². The summed E-state index contributed by atoms with van der Waals surface area (Å²) in [5, 5.41) is 5.42. The normalized spacial score (nSPS) is 10.6. The van der Waals surface area contributed by atoms with Gasteiger partial charge in [-0.15, -0.1) is 11.3 Å². The number of anilines is 1. The molecule has 0 spiro atoms. The van der Waals surface area contributed by atoms with Gasteiger partial charge in [-0.25, -0.2) is 4.98 Å². The summed E-state index contributed by atoms with van der Waals surface area (Å²) in [4.78, 5) is 27.2. The lowest BCUT2D eigenvalue weighted by atomic mass is 10.2. The minimum absolute atomic E-state index is 0.139. The third-order valence-electron chi connectivity index (χ3n) is 3.78. The van der Waals surface area contributed by atoms with Crippen molar-refractivity contribution < 1.29 is 19.1 Å². The fourth-order valence-corrected chi connectivity index (χ4v) is 3.21. The summed E-state index contributed by atoms with van der Waals surface area (Å²) in [6.45, 7) is 0.398. The Morgan fingerprint density at radius 3 is 2.68 bits per heavy atom. The van der Waals surface area contributed by atoms with Gasteiger partial charge in [0, 0.05) is 16.6 Å². The number of benzene rings is 2. The van der Waals surface area contributed by atoms with Crippen molar-refractivity contribution in [1.29, 1.82) is 0 Å². The van der Waals surface area contributed by atoms with Crippen LogP contribution in [-0.4, -0.2) is 24.5 Å². The molecule has 0 unspecified atom stereocenters. The number of amides is 1. The molecule has 0 aliphatic carbocycles. The number of hydrogen-bond donors (Lipinski definition) is 1. The van der Waals surface area contributed by atoms with Gasteiger partial charge < -0.3 is 14.8 Å². The first-order valence-electron chi connectivity index (χ1n) is 8.43. The van der Waals surface area contributed by atoms with Gasteiger partial charge in [0.1, 0.15) is 16.5 Å². The molecule has 0 saturated carbocycles. The fraction of sp³-hybridized carbons (Fsp3) is 0.0952. The first-order chi connectivity index (χ1) is 13.7. The number of nitrogens with zero attached hydrogens (tertiary/aromatic N) is 1. The van der Waals surface area contributed by atoms with Crippen LogP contribution in [0, 0.1) is 0 Å². The first-order valence-corrected chi connectivity index (χ1v) is 9.31. The van der Waals surface area contributed by atoms with Gasteiger partial charge >= 0.3 is 0 Å². The minimum Gasteiger partial charge on any atom is -0.497 e. The monoisotopic (exact) mass is 394 g/mol. The Balaban J connectivity index is 1.60. The Bertz CT molecular complexity index is 980. The zero-order chi connectivity index (χ0) is 19.8. The molecule has 0 saturated heterocycles. The van der Waals surface area contributed by atoms with Gasteiger partial charge in [-0.05, 0) is 42.5 Å². The molecule has 2 aromatic carbocycles. The van der Waals surface area contributed by atoms with Gasteiger partial charge in [-0.2, -0.15) is 0 Å². The minimum atomic E-state index is -0.139. The summed E-state index contributed by atoms with van der Waals surface area (Å²) in [6, 6.07) is 14.3. The zero-order valence-corrected chi connectivity index (χ0v) is 15.9. The predicted octanol–water partition coefficient (Wildman–Crippen LogP) is 4.04. The second-order valence-electron chi connectivity index (χ2n) is 5.70. The Morgan fingerprint density at radius 2 is 1.93 bits per heavy atom. The van der Waals surface area contributed by atoms with Gasteiger partial charge in [-0.1, -0.05) is 18.2 Å². The van der Waals surface area contributed by atoms with Gasteiger partial charge in [0.15, 0.2) is 0 Å². The first kappa shape index (κ1) is 19.3. The Morgan fingerprint density at radius 1 is 1.14 bits per heavy atom. The number of rotatable bonds is 8. The smallest absolute Gasteiger partial charge is 0.298 e. The standard InChI is InChI=1S/C21H18N2O4S/c1-26-18-10-8-16(9-11-18)22-20(25)12-21-23-17(13-28-21)7-6-15-4-2-3-5-19(15)27-14-24/h2-11,13-14H,12H2,1H3,(H,22,25)/b7-6+. The van der Waals surface area contributed by atoms with Gasteiger partial charge in [0.2, 0.25) is 5.91 Å².